The van der Waals surface area contributed by atoms with Crippen molar-refractivity contribution in [3.05, 3.63) is 36.0 Å². The monoisotopic (exact) mass is 288 g/mol. The summed E-state index contributed by atoms with van der Waals surface area (Å²) in [6.45, 7) is 5.99. The average Bonchev–Trinajstić information content (AvgIpc) is 2.83. The van der Waals surface area contributed by atoms with E-state index in [2.05, 4.69) is 58.9 Å². The smallest absolute Gasteiger partial charge is 0.305 e. The van der Waals surface area contributed by atoms with Crippen LogP contribution in [-0.4, -0.2) is 23.7 Å². The summed E-state index contributed by atoms with van der Waals surface area (Å²) >= 11 is 0. The highest BCUT2D eigenvalue weighted by Crippen LogP contribution is 2.22. The Morgan fingerprint density at radius 3 is 2.81 bits per heavy atom. The standard InChI is InChI=1S/C17H24N2O2/c1-13(2)18-11-14-12-19(10-6-9-17(20)21-3)16-8-5-4-7-15(14)16/h4-5,7-8,12-13,18H,6,9-11H2,1-3H3. The number of aryl methyl sites for hydroxylation is 1. The molecule has 0 aliphatic carbocycles. The lowest BCUT2D eigenvalue weighted by Crippen LogP contribution is -2.21. The number of methoxy groups -OCH3 is 1. The van der Waals surface area contributed by atoms with Gasteiger partial charge in [0.05, 0.1) is 7.11 Å². The van der Waals surface area contributed by atoms with Crippen LogP contribution in [0.15, 0.2) is 30.5 Å². The first-order chi connectivity index (χ1) is 10.1. The molecule has 4 heteroatoms. The summed E-state index contributed by atoms with van der Waals surface area (Å²) in [6, 6.07) is 8.88. The lowest BCUT2D eigenvalue weighted by atomic mass is 10.1. The van der Waals surface area contributed by atoms with Gasteiger partial charge in [-0.25, -0.2) is 0 Å². The van der Waals surface area contributed by atoms with Gasteiger partial charge in [-0.3, -0.25) is 4.79 Å². The number of benzene rings is 1. The molecule has 114 valence electrons. The quantitative estimate of drug-likeness (QED) is 0.796. The van der Waals surface area contributed by atoms with Crippen LogP contribution in [0, 0.1) is 0 Å². The lowest BCUT2D eigenvalue weighted by Gasteiger charge is -2.06. The van der Waals surface area contributed by atoms with E-state index in [1.165, 1.54) is 23.6 Å². The SMILES string of the molecule is COC(=O)CCCn1cc(CNC(C)C)c2ccccc21. The Morgan fingerprint density at radius 1 is 1.33 bits per heavy atom. The predicted octanol–water partition coefficient (Wildman–Crippen LogP) is 3.09. The van der Waals surface area contributed by atoms with E-state index in [-0.39, 0.29) is 5.97 Å². The topological polar surface area (TPSA) is 43.3 Å². The Kier molecular flexibility index (Phi) is 5.39. The number of hydrogen-bond acceptors (Lipinski definition) is 3. The Hall–Kier alpha value is -1.81. The molecule has 0 unspecified atom stereocenters. The molecule has 1 heterocycles. The van der Waals surface area contributed by atoms with Crippen LogP contribution in [0.1, 0.15) is 32.3 Å². The van der Waals surface area contributed by atoms with E-state index in [0.717, 1.165) is 19.5 Å². The van der Waals surface area contributed by atoms with Gasteiger partial charge in [0, 0.05) is 42.7 Å². The van der Waals surface area contributed by atoms with Crippen molar-refractivity contribution in [2.24, 2.45) is 0 Å². The zero-order valence-corrected chi connectivity index (χ0v) is 13.1. The summed E-state index contributed by atoms with van der Waals surface area (Å²) in [5, 5.41) is 4.74. The van der Waals surface area contributed by atoms with Crippen molar-refractivity contribution in [3.63, 3.8) is 0 Å². The summed E-state index contributed by atoms with van der Waals surface area (Å²) in [5.74, 6) is -0.145. The minimum absolute atomic E-state index is 0.145. The highest BCUT2D eigenvalue weighted by molar-refractivity contribution is 5.84. The third-order valence-corrected chi connectivity index (χ3v) is 3.58. The number of aromatic nitrogens is 1. The van der Waals surface area contributed by atoms with E-state index in [1.807, 2.05) is 0 Å². The molecule has 1 aromatic heterocycles. The number of hydrogen-bond donors (Lipinski definition) is 1. The number of nitrogens with one attached hydrogen (secondary N) is 1. The fourth-order valence-electron chi connectivity index (χ4n) is 2.46. The Labute approximate surface area is 126 Å². The summed E-state index contributed by atoms with van der Waals surface area (Å²) in [7, 11) is 1.43. The number of esters is 1. The molecule has 0 saturated heterocycles. The van der Waals surface area contributed by atoms with Gasteiger partial charge in [0.15, 0.2) is 0 Å². The van der Waals surface area contributed by atoms with Gasteiger partial charge >= 0.3 is 5.97 Å². The minimum atomic E-state index is -0.145. The van der Waals surface area contributed by atoms with E-state index in [0.29, 0.717) is 12.5 Å². The largest absolute Gasteiger partial charge is 0.469 e. The molecule has 1 aromatic carbocycles. The first-order valence-corrected chi connectivity index (χ1v) is 7.48. The molecule has 0 aliphatic heterocycles. The summed E-state index contributed by atoms with van der Waals surface area (Å²) in [5.41, 5.74) is 2.53. The minimum Gasteiger partial charge on any atom is -0.469 e. The number of nitrogens with zero attached hydrogens (tertiary/aromatic N) is 1. The molecule has 0 atom stereocenters. The highest BCUT2D eigenvalue weighted by Gasteiger charge is 2.09. The van der Waals surface area contributed by atoms with E-state index < -0.39 is 0 Å². The number of ether oxygens (including phenoxy) is 1. The molecule has 21 heavy (non-hydrogen) atoms. The van der Waals surface area contributed by atoms with Crippen molar-refractivity contribution in [3.8, 4) is 0 Å². The van der Waals surface area contributed by atoms with Crippen molar-refractivity contribution in [2.45, 2.75) is 45.8 Å². The molecule has 0 fully saturated rings. The number of carbonyl (C=O) groups is 1. The van der Waals surface area contributed by atoms with Gasteiger partial charge in [0.2, 0.25) is 0 Å². The third-order valence-electron chi connectivity index (χ3n) is 3.58. The molecule has 4 nitrogen and oxygen atoms in total. The summed E-state index contributed by atoms with van der Waals surface area (Å²) in [6.07, 6.45) is 3.45. The van der Waals surface area contributed by atoms with Gasteiger partial charge in [-0.15, -0.1) is 0 Å². The van der Waals surface area contributed by atoms with Crippen LogP contribution < -0.4 is 5.32 Å². The van der Waals surface area contributed by atoms with Crippen molar-refractivity contribution in [2.75, 3.05) is 7.11 Å². The maximum absolute atomic E-state index is 11.2. The third kappa shape index (κ3) is 4.08. The Balaban J connectivity index is 2.13. The number of para-hydroxylation sites is 1. The van der Waals surface area contributed by atoms with E-state index in [9.17, 15) is 4.79 Å². The lowest BCUT2D eigenvalue weighted by molar-refractivity contribution is -0.140. The number of rotatable bonds is 7. The van der Waals surface area contributed by atoms with Gasteiger partial charge in [-0.05, 0) is 18.1 Å². The first-order valence-electron chi connectivity index (χ1n) is 7.48. The normalized spacial score (nSPS) is 11.2. The Morgan fingerprint density at radius 2 is 2.10 bits per heavy atom. The molecule has 0 amide bonds. The molecular formula is C17H24N2O2. The van der Waals surface area contributed by atoms with Crippen LogP contribution >= 0.6 is 0 Å². The molecule has 2 rings (SSSR count). The maximum Gasteiger partial charge on any atom is 0.305 e. The molecule has 0 saturated carbocycles. The first kappa shape index (κ1) is 15.6. The maximum atomic E-state index is 11.2. The predicted molar refractivity (Wildman–Crippen MR) is 85.2 cm³/mol. The van der Waals surface area contributed by atoms with Crippen molar-refractivity contribution in [1.29, 1.82) is 0 Å². The number of fused-ring (bicyclic) bond motifs is 1. The van der Waals surface area contributed by atoms with Crippen LogP contribution in [0.25, 0.3) is 10.9 Å². The van der Waals surface area contributed by atoms with Crippen molar-refractivity contribution in [1.82, 2.24) is 9.88 Å². The van der Waals surface area contributed by atoms with Gasteiger partial charge < -0.3 is 14.6 Å². The molecular weight excluding hydrogens is 264 g/mol. The fourth-order valence-corrected chi connectivity index (χ4v) is 2.46. The molecule has 1 N–H and O–H groups in total. The zero-order chi connectivity index (χ0) is 15.2. The Bertz CT molecular complexity index is 602. The molecule has 0 bridgehead atoms. The van der Waals surface area contributed by atoms with Gasteiger partial charge in [-0.1, -0.05) is 32.0 Å². The zero-order valence-electron chi connectivity index (χ0n) is 13.1. The molecule has 0 spiro atoms. The second-order valence-corrected chi connectivity index (χ2v) is 5.58. The second kappa shape index (κ2) is 7.27. The second-order valence-electron chi connectivity index (χ2n) is 5.58. The average molecular weight is 288 g/mol. The number of carbonyl (C=O) groups excluding carboxylic acids is 1. The highest BCUT2D eigenvalue weighted by atomic mass is 16.5. The fraction of sp³-hybridized carbons (Fsp3) is 0.471. The summed E-state index contributed by atoms with van der Waals surface area (Å²) < 4.78 is 6.92. The van der Waals surface area contributed by atoms with Crippen LogP contribution in [0.4, 0.5) is 0 Å². The van der Waals surface area contributed by atoms with Crippen molar-refractivity contribution >= 4 is 16.9 Å². The van der Waals surface area contributed by atoms with Crippen LogP contribution in [0.3, 0.4) is 0 Å². The van der Waals surface area contributed by atoms with Crippen LogP contribution in [-0.2, 0) is 22.6 Å². The molecule has 2 aromatic rings. The van der Waals surface area contributed by atoms with Crippen molar-refractivity contribution < 1.29 is 9.53 Å². The van der Waals surface area contributed by atoms with Gasteiger partial charge in [0.1, 0.15) is 0 Å². The van der Waals surface area contributed by atoms with E-state index in [1.54, 1.807) is 0 Å². The summed E-state index contributed by atoms with van der Waals surface area (Å²) in [4.78, 5) is 11.2. The molecule has 0 radical (unpaired) electrons. The van der Waals surface area contributed by atoms with Crippen LogP contribution in [0.2, 0.25) is 0 Å². The van der Waals surface area contributed by atoms with Crippen LogP contribution in [0.5, 0.6) is 0 Å². The van der Waals surface area contributed by atoms with E-state index in [4.69, 9.17) is 0 Å². The molecule has 0 aliphatic rings. The van der Waals surface area contributed by atoms with Gasteiger partial charge in [0.25, 0.3) is 0 Å². The van der Waals surface area contributed by atoms with Gasteiger partial charge in [-0.2, -0.15) is 0 Å². The van der Waals surface area contributed by atoms with E-state index >= 15 is 0 Å².